The molecule has 0 amide bonds. The molecule has 0 bridgehead atoms. The van der Waals surface area contributed by atoms with Gasteiger partial charge in [0, 0.05) is 11.3 Å². The van der Waals surface area contributed by atoms with E-state index in [1.807, 2.05) is 50.2 Å². The predicted molar refractivity (Wildman–Crippen MR) is 87.7 cm³/mol. The van der Waals surface area contributed by atoms with Crippen LogP contribution in [0.5, 0.6) is 0 Å². The van der Waals surface area contributed by atoms with Crippen LogP contribution in [0, 0.1) is 13.8 Å². The van der Waals surface area contributed by atoms with E-state index in [9.17, 15) is 0 Å². The Hall–Kier alpha value is -2.60. The summed E-state index contributed by atoms with van der Waals surface area (Å²) in [5.74, 6) is 0.866. The average molecular weight is 307 g/mol. The quantitative estimate of drug-likeness (QED) is 0.612. The summed E-state index contributed by atoms with van der Waals surface area (Å²) in [5, 5.41) is 0. The normalized spacial score (nSPS) is 11.2. The van der Waals surface area contributed by atoms with Crippen LogP contribution in [0.2, 0.25) is 0 Å². The second-order valence-electron chi connectivity index (χ2n) is 5.18. The highest BCUT2D eigenvalue weighted by Crippen LogP contribution is 2.30. The van der Waals surface area contributed by atoms with Crippen molar-refractivity contribution in [1.29, 1.82) is 0 Å². The van der Waals surface area contributed by atoms with E-state index in [2.05, 4.69) is 23.7 Å². The van der Waals surface area contributed by atoms with Gasteiger partial charge in [-0.15, -0.1) is 0 Å². The third kappa shape index (κ3) is 2.17. The molecule has 0 aliphatic heterocycles. The number of aryl methyl sites for hydroxylation is 2. The third-order valence-electron chi connectivity index (χ3n) is 3.49. The van der Waals surface area contributed by atoms with Gasteiger partial charge in [-0.1, -0.05) is 12.1 Å². The van der Waals surface area contributed by atoms with Crippen molar-refractivity contribution in [2.24, 2.45) is 0 Å². The molecule has 22 heavy (non-hydrogen) atoms. The summed E-state index contributed by atoms with van der Waals surface area (Å²) < 4.78 is 8.55. The summed E-state index contributed by atoms with van der Waals surface area (Å²) in [7, 11) is 0. The van der Waals surface area contributed by atoms with Crippen molar-refractivity contribution in [3.63, 3.8) is 0 Å². The van der Waals surface area contributed by atoms with Crippen LogP contribution in [0.3, 0.4) is 0 Å². The number of H-pyrrole nitrogens is 1. The average Bonchev–Trinajstić information content (AvgIpc) is 3.12. The number of imidazole rings is 1. The first-order chi connectivity index (χ1) is 10.7. The number of rotatable bonds is 2. The van der Waals surface area contributed by atoms with E-state index in [-0.39, 0.29) is 0 Å². The number of nitrogens with zero attached hydrogens (tertiary/aromatic N) is 4. The van der Waals surface area contributed by atoms with Crippen molar-refractivity contribution in [3.05, 3.63) is 47.9 Å². The summed E-state index contributed by atoms with van der Waals surface area (Å²) in [6, 6.07) is 12.0. The van der Waals surface area contributed by atoms with Gasteiger partial charge < -0.3 is 4.98 Å². The predicted octanol–water partition coefficient (Wildman–Crippen LogP) is 3.76. The maximum atomic E-state index is 4.64. The van der Waals surface area contributed by atoms with Crippen molar-refractivity contribution in [1.82, 2.24) is 23.7 Å². The zero-order valence-corrected chi connectivity index (χ0v) is 13.0. The van der Waals surface area contributed by atoms with Gasteiger partial charge in [0.2, 0.25) is 0 Å². The topological polar surface area (TPSA) is 67.3 Å². The lowest BCUT2D eigenvalue weighted by Gasteiger charge is -2.03. The van der Waals surface area contributed by atoms with E-state index < -0.39 is 0 Å². The van der Waals surface area contributed by atoms with Crippen LogP contribution >= 0.6 is 11.7 Å². The summed E-state index contributed by atoms with van der Waals surface area (Å²) >= 11 is 1.22. The molecule has 0 aliphatic carbocycles. The van der Waals surface area contributed by atoms with Crippen molar-refractivity contribution >= 4 is 22.8 Å². The minimum absolute atomic E-state index is 0.866. The fourth-order valence-corrected chi connectivity index (χ4v) is 3.01. The SMILES string of the molecule is Cc1cccc(-c2[nH]c(C)nc2-c2ccc3nsnc3c2)n1. The van der Waals surface area contributed by atoms with Crippen LogP contribution in [0.25, 0.3) is 33.7 Å². The smallest absolute Gasteiger partial charge is 0.105 e. The Labute approximate surface area is 131 Å². The van der Waals surface area contributed by atoms with Gasteiger partial charge in [-0.3, -0.25) is 4.98 Å². The van der Waals surface area contributed by atoms with Crippen LogP contribution in [0.4, 0.5) is 0 Å². The fourth-order valence-electron chi connectivity index (χ4n) is 2.50. The number of aromatic amines is 1. The minimum atomic E-state index is 0.866. The Kier molecular flexibility index (Phi) is 2.97. The Bertz CT molecular complexity index is 970. The summed E-state index contributed by atoms with van der Waals surface area (Å²) in [6.45, 7) is 3.94. The van der Waals surface area contributed by atoms with E-state index >= 15 is 0 Å². The zero-order chi connectivity index (χ0) is 15.1. The maximum absolute atomic E-state index is 4.64. The van der Waals surface area contributed by atoms with Gasteiger partial charge in [-0.05, 0) is 38.1 Å². The molecule has 4 aromatic rings. The van der Waals surface area contributed by atoms with Gasteiger partial charge in [-0.25, -0.2) is 4.98 Å². The molecule has 0 radical (unpaired) electrons. The molecule has 1 aromatic carbocycles. The maximum Gasteiger partial charge on any atom is 0.105 e. The van der Waals surface area contributed by atoms with Crippen molar-refractivity contribution in [2.75, 3.05) is 0 Å². The van der Waals surface area contributed by atoms with Crippen LogP contribution < -0.4 is 0 Å². The Morgan fingerprint density at radius 3 is 2.68 bits per heavy atom. The highest BCUT2D eigenvalue weighted by atomic mass is 32.1. The molecule has 0 unspecified atom stereocenters. The molecule has 1 N–H and O–H groups in total. The Balaban J connectivity index is 1.91. The molecule has 5 nitrogen and oxygen atoms in total. The molecule has 3 heterocycles. The first kappa shape index (κ1) is 13.1. The molecule has 4 rings (SSSR count). The Morgan fingerprint density at radius 2 is 1.82 bits per heavy atom. The standard InChI is InChI=1S/C16H13N5S/c1-9-4-3-5-13(17-9)16-15(18-10(2)19-16)11-6-7-12-14(8-11)21-22-20-12/h3-8H,1-2H3,(H,18,19). The highest BCUT2D eigenvalue weighted by Gasteiger charge is 2.14. The summed E-state index contributed by atoms with van der Waals surface area (Å²) in [5.41, 5.74) is 6.53. The lowest BCUT2D eigenvalue weighted by atomic mass is 10.1. The number of fused-ring (bicyclic) bond motifs is 1. The van der Waals surface area contributed by atoms with Gasteiger partial charge in [-0.2, -0.15) is 8.75 Å². The lowest BCUT2D eigenvalue weighted by molar-refractivity contribution is 1.14. The van der Waals surface area contributed by atoms with Crippen molar-refractivity contribution in [3.8, 4) is 22.6 Å². The molecule has 0 aliphatic rings. The molecule has 0 fully saturated rings. The van der Waals surface area contributed by atoms with Crippen LogP contribution in [0.15, 0.2) is 36.4 Å². The van der Waals surface area contributed by atoms with Gasteiger partial charge in [0.1, 0.15) is 16.9 Å². The summed E-state index contributed by atoms with van der Waals surface area (Å²) in [6.07, 6.45) is 0. The number of aromatic nitrogens is 5. The Morgan fingerprint density at radius 1 is 0.955 bits per heavy atom. The lowest BCUT2D eigenvalue weighted by Crippen LogP contribution is -1.89. The minimum Gasteiger partial charge on any atom is -0.340 e. The van der Waals surface area contributed by atoms with Crippen molar-refractivity contribution < 1.29 is 0 Å². The molecular formula is C16H13N5S. The van der Waals surface area contributed by atoms with E-state index in [0.29, 0.717) is 0 Å². The first-order valence-electron chi connectivity index (χ1n) is 6.94. The molecule has 0 saturated heterocycles. The second-order valence-corrected chi connectivity index (χ2v) is 5.71. The monoisotopic (exact) mass is 307 g/mol. The zero-order valence-electron chi connectivity index (χ0n) is 12.2. The van der Waals surface area contributed by atoms with Gasteiger partial charge in [0.15, 0.2) is 0 Å². The summed E-state index contributed by atoms with van der Waals surface area (Å²) in [4.78, 5) is 12.6. The molecular weight excluding hydrogens is 294 g/mol. The first-order valence-corrected chi connectivity index (χ1v) is 7.67. The van der Waals surface area contributed by atoms with Crippen molar-refractivity contribution in [2.45, 2.75) is 13.8 Å². The number of benzene rings is 1. The fraction of sp³-hybridized carbons (Fsp3) is 0.125. The third-order valence-corrected chi connectivity index (χ3v) is 4.05. The van der Waals surface area contributed by atoms with Gasteiger partial charge in [0.05, 0.1) is 28.8 Å². The van der Waals surface area contributed by atoms with Crippen LogP contribution in [0.1, 0.15) is 11.5 Å². The van der Waals surface area contributed by atoms with E-state index in [4.69, 9.17) is 0 Å². The number of nitrogens with one attached hydrogen (secondary N) is 1. The van der Waals surface area contributed by atoms with E-state index in [0.717, 1.165) is 45.2 Å². The van der Waals surface area contributed by atoms with Crippen LogP contribution in [-0.4, -0.2) is 23.7 Å². The number of hydrogen-bond acceptors (Lipinski definition) is 5. The van der Waals surface area contributed by atoms with Gasteiger partial charge in [0.25, 0.3) is 0 Å². The van der Waals surface area contributed by atoms with E-state index in [1.54, 1.807) is 0 Å². The molecule has 0 spiro atoms. The van der Waals surface area contributed by atoms with Gasteiger partial charge >= 0.3 is 0 Å². The molecule has 6 heteroatoms. The van der Waals surface area contributed by atoms with Crippen LogP contribution in [-0.2, 0) is 0 Å². The highest BCUT2D eigenvalue weighted by molar-refractivity contribution is 7.00. The molecule has 0 saturated carbocycles. The second kappa shape index (κ2) is 4.99. The largest absolute Gasteiger partial charge is 0.340 e. The number of pyridine rings is 1. The number of hydrogen-bond donors (Lipinski definition) is 1. The molecule has 0 atom stereocenters. The van der Waals surface area contributed by atoms with E-state index in [1.165, 1.54) is 11.7 Å². The molecule has 108 valence electrons. The molecule has 3 aromatic heterocycles.